The monoisotopic (exact) mass is 264 g/mol. The zero-order valence-corrected chi connectivity index (χ0v) is 12.1. The van der Waals surface area contributed by atoms with E-state index < -0.39 is 0 Å². The van der Waals surface area contributed by atoms with Crippen LogP contribution >= 0.6 is 11.8 Å². The Balaban J connectivity index is 1.70. The molecular weight excluding hydrogens is 240 g/mol. The highest BCUT2D eigenvalue weighted by atomic mass is 32.2. The molecule has 1 atom stereocenters. The highest BCUT2D eigenvalue weighted by Gasteiger charge is 2.42. The molecule has 1 aliphatic rings. The summed E-state index contributed by atoms with van der Waals surface area (Å²) in [5.74, 6) is 1.49. The van der Waals surface area contributed by atoms with Gasteiger partial charge >= 0.3 is 0 Å². The van der Waals surface area contributed by atoms with E-state index in [2.05, 4.69) is 36.6 Å². The van der Waals surface area contributed by atoms with Crippen molar-refractivity contribution in [1.82, 2.24) is 0 Å². The average molecular weight is 264 g/mol. The molecule has 1 unspecified atom stereocenters. The number of hydrogen-bond donors (Lipinski definition) is 1. The lowest BCUT2D eigenvalue weighted by atomic mass is 9.92. The van der Waals surface area contributed by atoms with Crippen LogP contribution in [-0.4, -0.2) is 22.7 Å². The maximum Gasteiger partial charge on any atom is 0.0765 e. The molecular formula is C16H24OS. The minimum absolute atomic E-state index is 0.379. The van der Waals surface area contributed by atoms with E-state index in [0.29, 0.717) is 5.92 Å². The predicted molar refractivity (Wildman–Crippen MR) is 80.1 cm³/mol. The van der Waals surface area contributed by atoms with Crippen molar-refractivity contribution in [3.05, 3.63) is 35.9 Å². The molecule has 18 heavy (non-hydrogen) atoms. The topological polar surface area (TPSA) is 20.2 Å². The summed E-state index contributed by atoms with van der Waals surface area (Å²) < 4.78 is 0. The lowest BCUT2D eigenvalue weighted by molar-refractivity contribution is 0.0307. The second-order valence-electron chi connectivity index (χ2n) is 5.50. The van der Waals surface area contributed by atoms with Crippen molar-refractivity contribution in [3.63, 3.8) is 0 Å². The molecule has 1 aliphatic carbocycles. The summed E-state index contributed by atoms with van der Waals surface area (Å²) in [5.41, 5.74) is 1.04. The number of aryl methyl sites for hydroxylation is 1. The third-order valence-corrected chi connectivity index (χ3v) is 4.69. The van der Waals surface area contributed by atoms with Crippen LogP contribution in [-0.2, 0) is 6.42 Å². The van der Waals surface area contributed by atoms with Crippen LogP contribution < -0.4 is 0 Å². The number of benzene rings is 1. The molecule has 2 rings (SSSR count). The first kappa shape index (κ1) is 14.0. The quantitative estimate of drug-likeness (QED) is 0.719. The molecule has 100 valence electrons. The van der Waals surface area contributed by atoms with Gasteiger partial charge in [-0.3, -0.25) is 0 Å². The molecule has 0 aliphatic heterocycles. The molecule has 0 saturated heterocycles. The Labute approximate surface area is 115 Å². The summed E-state index contributed by atoms with van der Waals surface area (Å²) in [6.07, 6.45) is 9.00. The highest BCUT2D eigenvalue weighted by Crippen LogP contribution is 2.43. The average Bonchev–Trinajstić information content (AvgIpc) is 3.21. The minimum Gasteiger partial charge on any atom is -0.389 e. The molecule has 1 saturated carbocycles. The lowest BCUT2D eigenvalue weighted by Crippen LogP contribution is -2.34. The fourth-order valence-electron chi connectivity index (χ4n) is 2.67. The number of hydrogen-bond acceptors (Lipinski definition) is 2. The zero-order chi connectivity index (χ0) is 12.8. The van der Waals surface area contributed by atoms with Crippen molar-refractivity contribution >= 4 is 11.8 Å². The van der Waals surface area contributed by atoms with Gasteiger partial charge in [-0.25, -0.2) is 0 Å². The Morgan fingerprint density at radius 2 is 1.94 bits per heavy atom. The summed E-state index contributed by atoms with van der Waals surface area (Å²) in [5, 5.41) is 10.6. The summed E-state index contributed by atoms with van der Waals surface area (Å²) in [6, 6.07) is 10.6. The Kier molecular flexibility index (Phi) is 5.13. The van der Waals surface area contributed by atoms with Crippen LogP contribution in [0.5, 0.6) is 0 Å². The van der Waals surface area contributed by atoms with Crippen LogP contribution in [0.25, 0.3) is 0 Å². The molecule has 0 radical (unpaired) electrons. The van der Waals surface area contributed by atoms with Gasteiger partial charge in [0.05, 0.1) is 5.60 Å². The predicted octanol–water partition coefficient (Wildman–Crippen LogP) is 3.90. The molecule has 0 aromatic heterocycles. The van der Waals surface area contributed by atoms with E-state index >= 15 is 0 Å². The van der Waals surface area contributed by atoms with Gasteiger partial charge in [-0.2, -0.15) is 11.8 Å². The van der Waals surface area contributed by atoms with Crippen molar-refractivity contribution in [1.29, 1.82) is 0 Å². The van der Waals surface area contributed by atoms with Gasteiger partial charge in [0.15, 0.2) is 0 Å². The Morgan fingerprint density at radius 1 is 1.22 bits per heavy atom. The molecule has 1 aromatic carbocycles. The number of unbranched alkanes of at least 4 members (excludes halogenated alkanes) is 1. The van der Waals surface area contributed by atoms with Crippen molar-refractivity contribution in [2.24, 2.45) is 5.92 Å². The smallest absolute Gasteiger partial charge is 0.0765 e. The molecule has 0 heterocycles. The van der Waals surface area contributed by atoms with Crippen molar-refractivity contribution in [2.75, 3.05) is 12.0 Å². The molecule has 1 aromatic rings. The molecule has 1 N–H and O–H groups in total. The van der Waals surface area contributed by atoms with E-state index in [-0.39, 0.29) is 5.60 Å². The van der Waals surface area contributed by atoms with E-state index in [4.69, 9.17) is 0 Å². The van der Waals surface area contributed by atoms with Gasteiger partial charge in [-0.15, -0.1) is 0 Å². The van der Waals surface area contributed by atoms with Crippen LogP contribution in [0, 0.1) is 5.92 Å². The maximum absolute atomic E-state index is 10.6. The lowest BCUT2D eigenvalue weighted by Gasteiger charge is -2.27. The van der Waals surface area contributed by atoms with Gasteiger partial charge in [0.1, 0.15) is 0 Å². The Morgan fingerprint density at radius 3 is 2.56 bits per heavy atom. The Bertz CT molecular complexity index is 347. The molecule has 1 nitrogen and oxygen atoms in total. The molecule has 0 amide bonds. The summed E-state index contributed by atoms with van der Waals surface area (Å²) >= 11 is 1.78. The maximum atomic E-state index is 10.6. The fraction of sp³-hybridized carbons (Fsp3) is 0.625. The van der Waals surface area contributed by atoms with Gasteiger partial charge in [0.2, 0.25) is 0 Å². The SMILES string of the molecule is CSCC(O)(CCCCc1ccccc1)C1CC1. The first-order chi connectivity index (χ1) is 8.74. The van der Waals surface area contributed by atoms with Crippen LogP contribution in [0.15, 0.2) is 30.3 Å². The highest BCUT2D eigenvalue weighted by molar-refractivity contribution is 7.98. The normalized spacial score (nSPS) is 18.6. The van der Waals surface area contributed by atoms with Gasteiger partial charge in [-0.1, -0.05) is 36.8 Å². The minimum atomic E-state index is -0.379. The van der Waals surface area contributed by atoms with Crippen molar-refractivity contribution < 1.29 is 5.11 Å². The van der Waals surface area contributed by atoms with Crippen molar-refractivity contribution in [3.8, 4) is 0 Å². The van der Waals surface area contributed by atoms with Crippen LogP contribution in [0.3, 0.4) is 0 Å². The van der Waals surface area contributed by atoms with Gasteiger partial charge in [0, 0.05) is 5.75 Å². The third kappa shape index (κ3) is 4.03. The van der Waals surface area contributed by atoms with E-state index in [9.17, 15) is 5.11 Å². The standard InChI is InChI=1S/C16H24OS/c1-18-13-16(17,15-10-11-15)12-6-5-9-14-7-3-2-4-8-14/h2-4,7-8,15,17H,5-6,9-13H2,1H3. The third-order valence-electron chi connectivity index (χ3n) is 3.90. The fourth-order valence-corrected chi connectivity index (χ4v) is 3.55. The first-order valence-electron chi connectivity index (χ1n) is 7.00. The summed E-state index contributed by atoms with van der Waals surface area (Å²) in [7, 11) is 0. The zero-order valence-electron chi connectivity index (χ0n) is 11.3. The Hall–Kier alpha value is -0.470. The molecule has 0 spiro atoms. The van der Waals surface area contributed by atoms with Gasteiger partial charge in [-0.05, 0) is 49.8 Å². The van der Waals surface area contributed by atoms with Crippen molar-refractivity contribution in [2.45, 2.75) is 44.1 Å². The summed E-state index contributed by atoms with van der Waals surface area (Å²) in [4.78, 5) is 0. The summed E-state index contributed by atoms with van der Waals surface area (Å²) in [6.45, 7) is 0. The van der Waals surface area contributed by atoms with Gasteiger partial charge in [0.25, 0.3) is 0 Å². The largest absolute Gasteiger partial charge is 0.389 e. The second-order valence-corrected chi connectivity index (χ2v) is 6.37. The number of rotatable bonds is 8. The van der Waals surface area contributed by atoms with Crippen LogP contribution in [0.4, 0.5) is 0 Å². The second kappa shape index (κ2) is 6.63. The number of aliphatic hydroxyl groups is 1. The van der Waals surface area contributed by atoms with Gasteiger partial charge < -0.3 is 5.11 Å². The molecule has 2 heteroatoms. The van der Waals surface area contributed by atoms with Crippen LogP contribution in [0.1, 0.15) is 37.7 Å². The van der Waals surface area contributed by atoms with E-state index in [0.717, 1.165) is 25.0 Å². The first-order valence-corrected chi connectivity index (χ1v) is 8.39. The molecule has 1 fully saturated rings. The van der Waals surface area contributed by atoms with Crippen LogP contribution in [0.2, 0.25) is 0 Å². The molecule has 0 bridgehead atoms. The van der Waals surface area contributed by atoms with E-state index in [1.54, 1.807) is 11.8 Å². The number of thioether (sulfide) groups is 1. The van der Waals surface area contributed by atoms with E-state index in [1.807, 2.05) is 0 Å². The van der Waals surface area contributed by atoms with E-state index in [1.165, 1.54) is 24.8 Å².